The molecular formula is C25H30N2O5. The van der Waals surface area contributed by atoms with Crippen molar-refractivity contribution >= 4 is 17.8 Å². The first-order valence-corrected chi connectivity index (χ1v) is 10.9. The Kier molecular flexibility index (Phi) is 8.00. The minimum Gasteiger partial charge on any atom is -0.473 e. The summed E-state index contributed by atoms with van der Waals surface area (Å²) in [5.74, 6) is -3.36. The van der Waals surface area contributed by atoms with Crippen LogP contribution in [0.25, 0.3) is 0 Å². The number of nitrogens with zero attached hydrogens (tertiary/aromatic N) is 2. The van der Waals surface area contributed by atoms with Crippen LogP contribution in [0.15, 0.2) is 60.7 Å². The van der Waals surface area contributed by atoms with Crippen molar-refractivity contribution in [2.24, 2.45) is 5.41 Å². The van der Waals surface area contributed by atoms with Gasteiger partial charge < -0.3 is 20.0 Å². The largest absolute Gasteiger partial charge is 0.473 e. The zero-order valence-electron chi connectivity index (χ0n) is 18.2. The van der Waals surface area contributed by atoms with E-state index in [4.69, 9.17) is 19.8 Å². The number of aliphatic carboxylic acids is 2. The smallest absolute Gasteiger partial charge is 0.414 e. The van der Waals surface area contributed by atoms with Gasteiger partial charge in [-0.1, -0.05) is 60.7 Å². The van der Waals surface area contributed by atoms with Gasteiger partial charge in [0.2, 0.25) is 5.91 Å². The summed E-state index contributed by atoms with van der Waals surface area (Å²) >= 11 is 0. The van der Waals surface area contributed by atoms with Crippen molar-refractivity contribution in [3.8, 4) is 0 Å². The molecule has 0 atom stereocenters. The lowest BCUT2D eigenvalue weighted by atomic mass is 9.72. The highest BCUT2D eigenvalue weighted by atomic mass is 16.4. The Balaban J connectivity index is 0.000000427. The molecule has 170 valence electrons. The van der Waals surface area contributed by atoms with Gasteiger partial charge in [0.1, 0.15) is 0 Å². The second-order valence-corrected chi connectivity index (χ2v) is 8.60. The highest BCUT2D eigenvalue weighted by molar-refractivity contribution is 6.27. The van der Waals surface area contributed by atoms with E-state index in [9.17, 15) is 4.79 Å². The van der Waals surface area contributed by atoms with Gasteiger partial charge in [-0.2, -0.15) is 0 Å². The van der Waals surface area contributed by atoms with E-state index in [1.165, 1.54) is 18.7 Å². The number of hydrogen-bond donors (Lipinski definition) is 2. The van der Waals surface area contributed by atoms with Crippen molar-refractivity contribution in [1.29, 1.82) is 0 Å². The molecule has 0 unspecified atom stereocenters. The Labute approximate surface area is 188 Å². The summed E-state index contributed by atoms with van der Waals surface area (Å²) < 4.78 is 0. The number of amides is 1. The number of benzene rings is 2. The van der Waals surface area contributed by atoms with Crippen molar-refractivity contribution in [2.75, 3.05) is 32.7 Å². The molecule has 0 aliphatic carbocycles. The van der Waals surface area contributed by atoms with E-state index in [0.29, 0.717) is 11.8 Å². The van der Waals surface area contributed by atoms with E-state index in [0.717, 1.165) is 44.5 Å². The van der Waals surface area contributed by atoms with E-state index >= 15 is 0 Å². The van der Waals surface area contributed by atoms with Crippen LogP contribution in [0.3, 0.4) is 0 Å². The normalized spacial score (nSPS) is 17.1. The molecule has 1 amide bonds. The summed E-state index contributed by atoms with van der Waals surface area (Å²) in [6.45, 7) is 5.43. The van der Waals surface area contributed by atoms with E-state index in [-0.39, 0.29) is 5.91 Å². The molecular weight excluding hydrogens is 408 g/mol. The molecule has 2 aromatic rings. The highest BCUT2D eigenvalue weighted by Crippen LogP contribution is 2.40. The molecule has 2 saturated heterocycles. The predicted octanol–water partition coefficient (Wildman–Crippen LogP) is 2.55. The third-order valence-corrected chi connectivity index (χ3v) is 6.24. The summed E-state index contributed by atoms with van der Waals surface area (Å²) in [7, 11) is 0. The fourth-order valence-corrected chi connectivity index (χ4v) is 4.42. The zero-order chi connectivity index (χ0) is 23.0. The monoisotopic (exact) mass is 438 g/mol. The van der Waals surface area contributed by atoms with Crippen LogP contribution < -0.4 is 0 Å². The van der Waals surface area contributed by atoms with Crippen LogP contribution in [0.2, 0.25) is 0 Å². The van der Waals surface area contributed by atoms with Gasteiger partial charge in [0.05, 0.1) is 6.42 Å². The molecule has 7 heteroatoms. The van der Waals surface area contributed by atoms with Gasteiger partial charge in [-0.05, 0) is 35.8 Å². The summed E-state index contributed by atoms with van der Waals surface area (Å²) in [5.41, 5.74) is 3.02. The molecule has 1 spiro atoms. The maximum absolute atomic E-state index is 12.5. The molecule has 0 radical (unpaired) electrons. The predicted molar refractivity (Wildman–Crippen MR) is 120 cm³/mol. The second kappa shape index (κ2) is 10.9. The fraction of sp³-hybridized carbons (Fsp3) is 0.400. The van der Waals surface area contributed by atoms with Crippen LogP contribution in [-0.4, -0.2) is 70.6 Å². The molecule has 0 bridgehead atoms. The maximum Gasteiger partial charge on any atom is 0.414 e. The maximum atomic E-state index is 12.5. The van der Waals surface area contributed by atoms with Crippen LogP contribution in [0.4, 0.5) is 0 Å². The number of piperidine rings is 1. The number of hydrogen-bond acceptors (Lipinski definition) is 4. The summed E-state index contributed by atoms with van der Waals surface area (Å²) in [5, 5.41) is 14.8. The fourth-order valence-electron chi connectivity index (χ4n) is 4.42. The Bertz CT molecular complexity index is 888. The van der Waals surface area contributed by atoms with Gasteiger partial charge in [-0.25, -0.2) is 9.59 Å². The molecule has 2 aliphatic rings. The summed E-state index contributed by atoms with van der Waals surface area (Å²) in [4.78, 5) is 35.4. The van der Waals surface area contributed by atoms with Gasteiger partial charge in [0, 0.05) is 32.7 Å². The van der Waals surface area contributed by atoms with Crippen molar-refractivity contribution in [1.82, 2.24) is 9.80 Å². The van der Waals surface area contributed by atoms with Crippen molar-refractivity contribution in [2.45, 2.75) is 25.7 Å². The molecule has 2 fully saturated rings. The topological polar surface area (TPSA) is 98.2 Å². The second-order valence-electron chi connectivity index (χ2n) is 8.60. The average molecular weight is 439 g/mol. The van der Waals surface area contributed by atoms with Gasteiger partial charge in [0.15, 0.2) is 0 Å². The number of rotatable bonds is 5. The third-order valence-electron chi connectivity index (χ3n) is 6.24. The Morgan fingerprint density at radius 2 is 1.28 bits per heavy atom. The number of carboxylic acids is 2. The van der Waals surface area contributed by atoms with Crippen LogP contribution in [0.1, 0.15) is 24.0 Å². The number of carbonyl (C=O) groups is 3. The van der Waals surface area contributed by atoms with E-state index < -0.39 is 11.9 Å². The van der Waals surface area contributed by atoms with Crippen molar-refractivity contribution in [3.05, 3.63) is 71.8 Å². The summed E-state index contributed by atoms with van der Waals surface area (Å²) in [6, 6.07) is 20.8. The molecule has 2 N–H and O–H groups in total. The molecule has 32 heavy (non-hydrogen) atoms. The molecule has 2 heterocycles. The molecule has 0 aromatic heterocycles. The van der Waals surface area contributed by atoms with E-state index in [1.54, 1.807) is 0 Å². The van der Waals surface area contributed by atoms with Gasteiger partial charge in [-0.15, -0.1) is 0 Å². The van der Waals surface area contributed by atoms with Gasteiger partial charge in [-0.3, -0.25) is 4.79 Å². The first-order chi connectivity index (χ1) is 15.4. The Morgan fingerprint density at radius 3 is 1.78 bits per heavy atom. The van der Waals surface area contributed by atoms with Crippen LogP contribution in [-0.2, 0) is 27.2 Å². The van der Waals surface area contributed by atoms with Crippen LogP contribution in [0, 0.1) is 5.41 Å². The number of likely N-dealkylation sites (tertiary alicyclic amines) is 2. The standard InChI is InChI=1S/C23H28N2O.C2H2O4/c26-22(17-21-9-5-2-6-10-21)25-15-12-23(13-16-25)18-24(19-23)14-11-20-7-3-1-4-8-20;3-1(4)2(5)6/h1-10H,11-19H2;(H,3,4)(H,5,6). The molecule has 0 saturated carbocycles. The minimum atomic E-state index is -1.82. The lowest BCUT2D eigenvalue weighted by molar-refractivity contribution is -0.159. The molecule has 2 aromatic carbocycles. The SMILES string of the molecule is O=C(Cc1ccccc1)N1CCC2(CC1)CN(CCc1ccccc1)C2.O=C(O)C(=O)O. The lowest BCUT2D eigenvalue weighted by Gasteiger charge is -2.54. The van der Waals surface area contributed by atoms with Crippen LogP contribution >= 0.6 is 0 Å². The molecule has 7 nitrogen and oxygen atoms in total. The third kappa shape index (κ3) is 6.65. The van der Waals surface area contributed by atoms with Crippen LogP contribution in [0.5, 0.6) is 0 Å². The van der Waals surface area contributed by atoms with Gasteiger partial charge >= 0.3 is 11.9 Å². The first kappa shape index (κ1) is 23.5. The zero-order valence-corrected chi connectivity index (χ0v) is 18.2. The van der Waals surface area contributed by atoms with E-state index in [1.807, 2.05) is 30.3 Å². The lowest BCUT2D eigenvalue weighted by Crippen LogP contribution is -2.61. The average Bonchev–Trinajstić information content (AvgIpc) is 2.78. The Hall–Kier alpha value is -3.19. The summed E-state index contributed by atoms with van der Waals surface area (Å²) in [6.07, 6.45) is 4.00. The van der Waals surface area contributed by atoms with E-state index in [2.05, 4.69) is 40.1 Å². The number of carbonyl (C=O) groups excluding carboxylic acids is 1. The van der Waals surface area contributed by atoms with Gasteiger partial charge in [0.25, 0.3) is 0 Å². The molecule has 2 aliphatic heterocycles. The Morgan fingerprint density at radius 1 is 0.781 bits per heavy atom. The van der Waals surface area contributed by atoms with Crippen molar-refractivity contribution in [3.63, 3.8) is 0 Å². The quantitative estimate of drug-likeness (QED) is 0.697. The highest BCUT2D eigenvalue weighted by Gasteiger charge is 2.44. The molecule has 4 rings (SSSR count). The number of carboxylic acid groups (broad SMARTS) is 2. The first-order valence-electron chi connectivity index (χ1n) is 10.9. The van der Waals surface area contributed by atoms with Crippen molar-refractivity contribution < 1.29 is 24.6 Å². The minimum absolute atomic E-state index is 0.284.